The first kappa shape index (κ1) is 29.1. The first-order valence-electron chi connectivity index (χ1n) is 14.0. The number of anilines is 1. The molecule has 0 aliphatic carbocycles. The Morgan fingerprint density at radius 2 is 1.65 bits per heavy atom. The van der Waals surface area contributed by atoms with Gasteiger partial charge in [0.25, 0.3) is 5.91 Å². The van der Waals surface area contributed by atoms with Crippen molar-refractivity contribution >= 4 is 23.4 Å². The Labute approximate surface area is 227 Å². The van der Waals surface area contributed by atoms with Crippen LogP contribution in [-0.4, -0.2) is 23.3 Å². The highest BCUT2D eigenvalue weighted by Crippen LogP contribution is 2.22. The Hall–Kier alpha value is -2.47. The van der Waals surface area contributed by atoms with Gasteiger partial charge in [-0.05, 0) is 47.7 Å². The zero-order valence-electron chi connectivity index (χ0n) is 22.4. The lowest BCUT2D eigenvalue weighted by atomic mass is 10.1. The molecule has 37 heavy (non-hydrogen) atoms. The number of benzene rings is 2. The average molecular weight is 527 g/mol. The summed E-state index contributed by atoms with van der Waals surface area (Å²) in [6, 6.07) is 12.2. The lowest BCUT2D eigenvalue weighted by Gasteiger charge is -2.15. The molecule has 0 unspecified atom stereocenters. The molecule has 1 N–H and O–H groups in total. The number of nitrogens with zero attached hydrogens (tertiary/aromatic N) is 1. The van der Waals surface area contributed by atoms with E-state index < -0.39 is 5.82 Å². The van der Waals surface area contributed by atoms with Crippen molar-refractivity contribution in [3.63, 3.8) is 0 Å². The molecule has 1 aliphatic rings. The van der Waals surface area contributed by atoms with E-state index in [0.29, 0.717) is 12.3 Å². The third-order valence-electron chi connectivity index (χ3n) is 6.63. The standard InChI is InChI=1S/C31H43FN2O2S/c1-2-3-4-5-6-7-8-9-10-11-12-13-20-36-30-18-17-27(23-29(30)32)31(35)33-28-16-14-15-26(22-28)24-34-19-21-37-25-34/h14-19,21-23H,2-13,20,24-25H2,1H3,(H,33,35). The summed E-state index contributed by atoms with van der Waals surface area (Å²) < 4.78 is 20.2. The van der Waals surface area contributed by atoms with Crippen LogP contribution in [0.4, 0.5) is 10.1 Å². The number of halogens is 1. The fourth-order valence-corrected chi connectivity index (χ4v) is 5.19. The van der Waals surface area contributed by atoms with Crippen molar-refractivity contribution < 1.29 is 13.9 Å². The highest BCUT2D eigenvalue weighted by Gasteiger charge is 2.12. The predicted octanol–water partition coefficient (Wildman–Crippen LogP) is 9.14. The second-order valence-electron chi connectivity index (χ2n) is 9.87. The molecule has 0 aromatic heterocycles. The first-order chi connectivity index (χ1) is 18.2. The van der Waals surface area contributed by atoms with Crippen LogP contribution < -0.4 is 10.1 Å². The number of ether oxygens (including phenoxy) is 1. The zero-order valence-corrected chi connectivity index (χ0v) is 23.2. The van der Waals surface area contributed by atoms with Gasteiger partial charge in [-0.3, -0.25) is 4.79 Å². The molecule has 202 valence electrons. The highest BCUT2D eigenvalue weighted by molar-refractivity contribution is 8.02. The lowest BCUT2D eigenvalue weighted by Crippen LogP contribution is -2.14. The normalized spacial score (nSPS) is 12.8. The van der Waals surface area contributed by atoms with Crippen LogP contribution in [0.5, 0.6) is 5.75 Å². The van der Waals surface area contributed by atoms with E-state index in [1.807, 2.05) is 24.3 Å². The summed E-state index contributed by atoms with van der Waals surface area (Å²) in [6.07, 6.45) is 17.4. The summed E-state index contributed by atoms with van der Waals surface area (Å²) in [5.41, 5.74) is 2.09. The third-order valence-corrected chi connectivity index (χ3v) is 7.42. The Bertz CT molecular complexity index is 981. The van der Waals surface area contributed by atoms with Gasteiger partial charge in [-0.25, -0.2) is 4.39 Å². The van der Waals surface area contributed by atoms with Gasteiger partial charge in [-0.1, -0.05) is 89.7 Å². The van der Waals surface area contributed by atoms with Crippen molar-refractivity contribution in [3.05, 3.63) is 71.0 Å². The van der Waals surface area contributed by atoms with E-state index in [4.69, 9.17) is 4.74 Å². The van der Waals surface area contributed by atoms with Crippen molar-refractivity contribution in [2.24, 2.45) is 0 Å². The van der Waals surface area contributed by atoms with Crippen LogP contribution in [0.1, 0.15) is 99.9 Å². The van der Waals surface area contributed by atoms with Crippen LogP contribution in [0.2, 0.25) is 0 Å². The van der Waals surface area contributed by atoms with E-state index in [0.717, 1.165) is 30.8 Å². The van der Waals surface area contributed by atoms with Gasteiger partial charge in [-0.15, -0.1) is 11.8 Å². The van der Waals surface area contributed by atoms with Gasteiger partial charge < -0.3 is 15.0 Å². The van der Waals surface area contributed by atoms with E-state index in [9.17, 15) is 9.18 Å². The smallest absolute Gasteiger partial charge is 0.255 e. The predicted molar refractivity (Wildman–Crippen MR) is 155 cm³/mol. The number of thioether (sulfide) groups is 1. The molecule has 0 atom stereocenters. The molecule has 0 spiro atoms. The minimum Gasteiger partial charge on any atom is -0.491 e. The molecule has 0 bridgehead atoms. The quantitative estimate of drug-likeness (QED) is 0.197. The molecular formula is C31H43FN2O2S. The summed E-state index contributed by atoms with van der Waals surface area (Å²) in [4.78, 5) is 14.9. The van der Waals surface area contributed by atoms with Crippen LogP contribution in [-0.2, 0) is 6.54 Å². The fraction of sp³-hybridized carbons (Fsp3) is 0.516. The number of hydrogen-bond donors (Lipinski definition) is 1. The first-order valence-corrected chi connectivity index (χ1v) is 15.1. The molecule has 0 fully saturated rings. The molecule has 0 radical (unpaired) electrons. The van der Waals surface area contributed by atoms with Gasteiger partial charge >= 0.3 is 0 Å². The second kappa shape index (κ2) is 17.1. The maximum Gasteiger partial charge on any atom is 0.255 e. The van der Waals surface area contributed by atoms with Crippen molar-refractivity contribution in [1.29, 1.82) is 0 Å². The molecule has 0 saturated heterocycles. The van der Waals surface area contributed by atoms with E-state index in [2.05, 4.69) is 28.7 Å². The minimum absolute atomic E-state index is 0.207. The van der Waals surface area contributed by atoms with Gasteiger partial charge in [0, 0.05) is 24.0 Å². The van der Waals surface area contributed by atoms with Crippen molar-refractivity contribution in [2.75, 3.05) is 17.8 Å². The van der Waals surface area contributed by atoms with E-state index in [1.165, 1.54) is 70.3 Å². The Morgan fingerprint density at radius 3 is 2.30 bits per heavy atom. The summed E-state index contributed by atoms with van der Waals surface area (Å²) in [5.74, 6) is 0.306. The molecular weight excluding hydrogens is 483 g/mol. The van der Waals surface area contributed by atoms with Gasteiger partial charge in [0.2, 0.25) is 0 Å². The number of carbonyl (C=O) groups is 1. The molecule has 3 rings (SSSR count). The topological polar surface area (TPSA) is 41.6 Å². The number of hydrogen-bond acceptors (Lipinski definition) is 4. The third kappa shape index (κ3) is 11.2. The molecule has 6 heteroatoms. The molecule has 1 heterocycles. The summed E-state index contributed by atoms with van der Waals surface area (Å²) in [7, 11) is 0. The summed E-state index contributed by atoms with van der Waals surface area (Å²) >= 11 is 1.76. The van der Waals surface area contributed by atoms with Gasteiger partial charge in [-0.2, -0.15) is 0 Å². The number of nitrogens with one attached hydrogen (secondary N) is 1. The molecule has 1 amide bonds. The highest BCUT2D eigenvalue weighted by atomic mass is 32.2. The molecule has 0 saturated carbocycles. The number of unbranched alkanes of at least 4 members (excludes halogenated alkanes) is 11. The Balaban J connectivity index is 1.31. The monoisotopic (exact) mass is 526 g/mol. The van der Waals surface area contributed by atoms with Gasteiger partial charge in [0.05, 0.1) is 12.5 Å². The number of rotatable bonds is 18. The largest absolute Gasteiger partial charge is 0.491 e. The van der Waals surface area contributed by atoms with Crippen LogP contribution in [0.15, 0.2) is 54.1 Å². The molecule has 4 nitrogen and oxygen atoms in total. The minimum atomic E-state index is -0.501. The SMILES string of the molecule is CCCCCCCCCCCCCCOc1ccc(C(=O)Nc2cccc(CN3C=CSC3)c2)cc1F. The van der Waals surface area contributed by atoms with Crippen molar-refractivity contribution in [3.8, 4) is 5.75 Å². The van der Waals surface area contributed by atoms with E-state index in [-0.39, 0.29) is 17.2 Å². The second-order valence-corrected chi connectivity index (χ2v) is 10.7. The van der Waals surface area contributed by atoms with Gasteiger partial charge in [0.1, 0.15) is 0 Å². The van der Waals surface area contributed by atoms with Crippen LogP contribution >= 0.6 is 11.8 Å². The van der Waals surface area contributed by atoms with Crippen molar-refractivity contribution in [2.45, 2.75) is 90.5 Å². The van der Waals surface area contributed by atoms with Crippen LogP contribution in [0, 0.1) is 5.82 Å². The van der Waals surface area contributed by atoms with Crippen molar-refractivity contribution in [1.82, 2.24) is 4.90 Å². The average Bonchev–Trinajstić information content (AvgIpc) is 3.41. The maximum absolute atomic E-state index is 14.6. The molecule has 1 aliphatic heterocycles. The van der Waals surface area contributed by atoms with Crippen LogP contribution in [0.3, 0.4) is 0 Å². The number of amides is 1. The number of carbonyl (C=O) groups excluding carboxylic acids is 1. The summed E-state index contributed by atoms with van der Waals surface area (Å²) in [5, 5.41) is 4.95. The summed E-state index contributed by atoms with van der Waals surface area (Å²) in [6.45, 7) is 3.54. The van der Waals surface area contributed by atoms with Crippen LogP contribution in [0.25, 0.3) is 0 Å². The maximum atomic E-state index is 14.6. The van der Waals surface area contributed by atoms with E-state index >= 15 is 0 Å². The molecule has 2 aromatic rings. The van der Waals surface area contributed by atoms with Gasteiger partial charge in [0.15, 0.2) is 11.6 Å². The molecule has 2 aromatic carbocycles. The lowest BCUT2D eigenvalue weighted by molar-refractivity contribution is 0.102. The fourth-order valence-electron chi connectivity index (χ4n) is 4.48. The van der Waals surface area contributed by atoms with E-state index in [1.54, 1.807) is 23.9 Å². The Kier molecular flexibility index (Phi) is 13.5. The zero-order chi connectivity index (χ0) is 26.1. The Morgan fingerprint density at radius 1 is 0.946 bits per heavy atom.